The minimum Gasteiger partial charge on any atom is -0.497 e. The third-order valence-corrected chi connectivity index (χ3v) is 4.86. The highest BCUT2D eigenvalue weighted by Gasteiger charge is 2.15. The molecule has 0 bridgehead atoms. The molecule has 0 fully saturated rings. The van der Waals surface area contributed by atoms with E-state index in [1.54, 1.807) is 31.4 Å². The normalized spacial score (nSPS) is 11.4. The lowest BCUT2D eigenvalue weighted by Crippen LogP contribution is -2.19. The zero-order chi connectivity index (χ0) is 18.7. The smallest absolute Gasteiger partial charge is 0.264 e. The predicted octanol–water partition coefficient (Wildman–Crippen LogP) is 4.62. The number of nitrogens with one attached hydrogen (secondary N) is 1. The summed E-state index contributed by atoms with van der Waals surface area (Å²) in [5.74, 6) is 1.11. The van der Waals surface area contributed by atoms with E-state index in [4.69, 9.17) is 9.47 Å². The van der Waals surface area contributed by atoms with Crippen LogP contribution in [0, 0.1) is 0 Å². The quantitative estimate of drug-likeness (QED) is 0.712. The van der Waals surface area contributed by atoms with E-state index in [1.807, 2.05) is 6.07 Å². The van der Waals surface area contributed by atoms with E-state index in [0.29, 0.717) is 10.9 Å². The van der Waals surface area contributed by atoms with E-state index in [-0.39, 0.29) is 17.9 Å². The number of thiazole rings is 1. The highest BCUT2D eigenvalue weighted by atomic mass is 32.1. The molecule has 0 radical (unpaired) electrons. The molecule has 0 unspecified atom stereocenters. The fourth-order valence-corrected chi connectivity index (χ4v) is 3.34. The molecular formula is C20H22N2O3S. The fourth-order valence-electron chi connectivity index (χ4n) is 2.42. The molecule has 6 heteroatoms. The van der Waals surface area contributed by atoms with Crippen LogP contribution in [0.3, 0.4) is 0 Å². The van der Waals surface area contributed by atoms with Gasteiger partial charge in [0.25, 0.3) is 5.91 Å². The van der Waals surface area contributed by atoms with Gasteiger partial charge in [-0.25, -0.2) is 4.98 Å². The summed E-state index contributed by atoms with van der Waals surface area (Å²) in [5.41, 5.74) is 2.21. The summed E-state index contributed by atoms with van der Waals surface area (Å²) in [7, 11) is 1.60. The summed E-state index contributed by atoms with van der Waals surface area (Å²) in [6.07, 6.45) is 0. The minimum absolute atomic E-state index is 0.0739. The minimum atomic E-state index is -0.240. The lowest BCUT2D eigenvalue weighted by Gasteiger charge is -2.18. The molecule has 1 aromatic heterocycles. The molecule has 1 amide bonds. The number of carbonyl (C=O) groups is 1. The van der Waals surface area contributed by atoms with Crippen LogP contribution in [0.4, 0.5) is 5.13 Å². The summed E-state index contributed by atoms with van der Waals surface area (Å²) in [5, 5.41) is 3.38. The molecule has 0 atom stereocenters. The van der Waals surface area contributed by atoms with E-state index in [0.717, 1.165) is 16.0 Å². The molecule has 3 rings (SSSR count). The molecule has 0 aliphatic heterocycles. The molecule has 0 aliphatic rings. The molecular weight excluding hydrogens is 348 g/mol. The molecule has 5 nitrogen and oxygen atoms in total. The van der Waals surface area contributed by atoms with Crippen molar-refractivity contribution < 1.29 is 14.3 Å². The Morgan fingerprint density at radius 1 is 1.12 bits per heavy atom. The number of benzene rings is 2. The number of nitrogens with zero attached hydrogens (tertiary/aromatic N) is 1. The van der Waals surface area contributed by atoms with Gasteiger partial charge in [-0.1, -0.05) is 38.2 Å². The van der Waals surface area contributed by atoms with Crippen molar-refractivity contribution in [1.82, 2.24) is 4.98 Å². The Morgan fingerprint density at radius 2 is 1.81 bits per heavy atom. The average molecular weight is 370 g/mol. The molecule has 1 heterocycles. The molecule has 0 spiro atoms. The van der Waals surface area contributed by atoms with E-state index >= 15 is 0 Å². The first-order valence-electron chi connectivity index (χ1n) is 8.33. The van der Waals surface area contributed by atoms with Crippen molar-refractivity contribution in [3.63, 3.8) is 0 Å². The summed E-state index contributed by atoms with van der Waals surface area (Å²) >= 11 is 1.47. The molecule has 1 N–H and O–H groups in total. The van der Waals surface area contributed by atoms with Gasteiger partial charge >= 0.3 is 0 Å². The third-order valence-electron chi connectivity index (χ3n) is 3.93. The lowest BCUT2D eigenvalue weighted by molar-refractivity contribution is -0.118. The van der Waals surface area contributed by atoms with E-state index < -0.39 is 0 Å². The maximum atomic E-state index is 12.1. The summed E-state index contributed by atoms with van der Waals surface area (Å²) in [4.78, 5) is 16.6. The second-order valence-corrected chi connectivity index (χ2v) is 7.99. The number of hydrogen-bond donors (Lipinski definition) is 1. The van der Waals surface area contributed by atoms with Crippen LogP contribution in [0.1, 0.15) is 26.3 Å². The number of rotatable bonds is 5. The second-order valence-electron chi connectivity index (χ2n) is 6.96. The highest BCUT2D eigenvalue weighted by molar-refractivity contribution is 7.22. The molecule has 26 heavy (non-hydrogen) atoms. The Balaban J connectivity index is 1.63. The van der Waals surface area contributed by atoms with Gasteiger partial charge in [0.1, 0.15) is 11.5 Å². The van der Waals surface area contributed by atoms with Crippen LogP contribution in [-0.2, 0) is 10.2 Å². The first kappa shape index (κ1) is 18.2. The van der Waals surface area contributed by atoms with Crippen molar-refractivity contribution >= 4 is 32.6 Å². The molecule has 0 saturated carbocycles. The number of ether oxygens (including phenoxy) is 2. The van der Waals surface area contributed by atoms with E-state index in [9.17, 15) is 4.79 Å². The predicted molar refractivity (Wildman–Crippen MR) is 105 cm³/mol. The van der Waals surface area contributed by atoms with Crippen LogP contribution >= 0.6 is 11.3 Å². The van der Waals surface area contributed by atoms with Crippen LogP contribution in [0.25, 0.3) is 10.2 Å². The Labute approximate surface area is 157 Å². The average Bonchev–Trinajstić information content (AvgIpc) is 3.01. The molecule has 0 saturated heterocycles. The van der Waals surface area contributed by atoms with Crippen molar-refractivity contribution in [2.45, 2.75) is 26.2 Å². The SMILES string of the molecule is COc1ccc(OCC(=O)Nc2nc3ccc(C(C)(C)C)cc3s2)cc1. The zero-order valence-corrected chi connectivity index (χ0v) is 16.1. The van der Waals surface area contributed by atoms with Gasteiger partial charge in [0.15, 0.2) is 11.7 Å². The largest absolute Gasteiger partial charge is 0.497 e. The van der Waals surface area contributed by atoms with Crippen LogP contribution in [0.5, 0.6) is 11.5 Å². The number of anilines is 1. The molecule has 0 aliphatic carbocycles. The highest BCUT2D eigenvalue weighted by Crippen LogP contribution is 2.31. The molecule has 136 valence electrons. The van der Waals surface area contributed by atoms with Crippen molar-refractivity contribution in [2.75, 3.05) is 19.0 Å². The number of aromatic nitrogens is 1. The third kappa shape index (κ3) is 4.32. The van der Waals surface area contributed by atoms with E-state index in [1.165, 1.54) is 16.9 Å². The Bertz CT molecular complexity index is 911. The fraction of sp³-hybridized carbons (Fsp3) is 0.300. The van der Waals surface area contributed by atoms with Gasteiger partial charge in [-0.15, -0.1) is 0 Å². The maximum Gasteiger partial charge on any atom is 0.264 e. The Kier molecular flexibility index (Phi) is 5.13. The van der Waals surface area contributed by atoms with Crippen molar-refractivity contribution in [3.05, 3.63) is 48.0 Å². The number of carbonyl (C=O) groups excluding carboxylic acids is 1. The summed E-state index contributed by atoms with van der Waals surface area (Å²) < 4.78 is 11.6. The van der Waals surface area contributed by atoms with Gasteiger partial charge in [0.2, 0.25) is 0 Å². The standard InChI is InChI=1S/C20H22N2O3S/c1-20(2,3)13-5-10-16-17(11-13)26-19(21-16)22-18(23)12-25-15-8-6-14(24-4)7-9-15/h5-11H,12H2,1-4H3,(H,21,22,23). The first-order valence-corrected chi connectivity index (χ1v) is 9.14. The number of methoxy groups -OCH3 is 1. The van der Waals surface area contributed by atoms with Crippen LogP contribution in [0.2, 0.25) is 0 Å². The number of fused-ring (bicyclic) bond motifs is 1. The van der Waals surface area contributed by atoms with Crippen LogP contribution in [0.15, 0.2) is 42.5 Å². The van der Waals surface area contributed by atoms with Gasteiger partial charge in [-0.05, 0) is 47.4 Å². The number of amides is 1. The Morgan fingerprint density at radius 3 is 2.46 bits per heavy atom. The molecule has 3 aromatic rings. The zero-order valence-electron chi connectivity index (χ0n) is 15.3. The van der Waals surface area contributed by atoms with Gasteiger partial charge < -0.3 is 9.47 Å². The number of hydrogen-bond acceptors (Lipinski definition) is 5. The maximum absolute atomic E-state index is 12.1. The van der Waals surface area contributed by atoms with Crippen molar-refractivity contribution in [3.8, 4) is 11.5 Å². The Hall–Kier alpha value is -2.60. The van der Waals surface area contributed by atoms with Crippen molar-refractivity contribution in [2.24, 2.45) is 0 Å². The van der Waals surface area contributed by atoms with Gasteiger partial charge in [0.05, 0.1) is 17.3 Å². The van der Waals surface area contributed by atoms with E-state index in [2.05, 4.69) is 43.2 Å². The lowest BCUT2D eigenvalue weighted by atomic mass is 9.87. The first-order chi connectivity index (χ1) is 12.3. The topological polar surface area (TPSA) is 60.5 Å². The van der Waals surface area contributed by atoms with Gasteiger partial charge in [0, 0.05) is 0 Å². The summed E-state index contributed by atoms with van der Waals surface area (Å²) in [6.45, 7) is 6.45. The van der Waals surface area contributed by atoms with Crippen LogP contribution in [-0.4, -0.2) is 24.6 Å². The monoisotopic (exact) mass is 370 g/mol. The van der Waals surface area contributed by atoms with Crippen LogP contribution < -0.4 is 14.8 Å². The molecule has 2 aromatic carbocycles. The second kappa shape index (κ2) is 7.33. The summed E-state index contributed by atoms with van der Waals surface area (Å²) in [6, 6.07) is 13.3. The van der Waals surface area contributed by atoms with Gasteiger partial charge in [-0.3, -0.25) is 10.1 Å². The van der Waals surface area contributed by atoms with Gasteiger partial charge in [-0.2, -0.15) is 0 Å². The van der Waals surface area contributed by atoms with Crippen molar-refractivity contribution in [1.29, 1.82) is 0 Å².